The summed E-state index contributed by atoms with van der Waals surface area (Å²) in [5.74, 6) is 0. The Labute approximate surface area is 243 Å². The molecule has 174 valence electrons. The summed E-state index contributed by atoms with van der Waals surface area (Å²) in [5.41, 5.74) is 0. The van der Waals surface area contributed by atoms with E-state index >= 15 is 0 Å². The van der Waals surface area contributed by atoms with Gasteiger partial charge in [0.25, 0.3) is 0 Å². The van der Waals surface area contributed by atoms with Crippen molar-refractivity contribution in [1.29, 1.82) is 0 Å². The number of halogens is 1. The Morgan fingerprint density at radius 3 is 1.40 bits per heavy atom. The van der Waals surface area contributed by atoms with Gasteiger partial charge in [-0.1, -0.05) is 68.3 Å². The van der Waals surface area contributed by atoms with Gasteiger partial charge in [0.15, 0.2) is 0 Å². The van der Waals surface area contributed by atoms with E-state index in [0.29, 0.717) is 6.61 Å². The zero-order chi connectivity index (χ0) is 22.3. The van der Waals surface area contributed by atoms with Crippen LogP contribution in [0.1, 0.15) is 12.8 Å². The van der Waals surface area contributed by atoms with Gasteiger partial charge < -0.3 is 18.3 Å². The summed E-state index contributed by atoms with van der Waals surface area (Å²) in [6, 6.07) is 6.00. The standard InChI is InChI=1S/C11H26NO2Si2.C9H22BrNSi2.K/c1-15(2)10-11-16(3,4)12(15)6-5-8-14-9-7-13;1-12(2)8-9-13(3,4)11(12)7-5-6-10;/h5-11H2,1-4H3;5-9H2,1-4H3;/q-1;;+1. The molecular weight excluding hydrogens is 532 g/mol. The number of hydrogen-bond acceptors (Lipinski definition) is 4. The second-order valence-corrected chi connectivity index (χ2v) is 31.6. The van der Waals surface area contributed by atoms with E-state index in [1.165, 1.54) is 49.0 Å². The molecule has 0 N–H and O–H groups in total. The molecule has 2 heterocycles. The van der Waals surface area contributed by atoms with Crippen LogP contribution in [-0.2, 0) is 4.74 Å². The van der Waals surface area contributed by atoms with Crippen molar-refractivity contribution in [3.63, 3.8) is 0 Å². The SMILES string of the molecule is C[Si]1(C)CC[Si](C)(C)N1CCCBr.C[Si]1(C)CC[Si](C)(C)N1CCCOCC[O-].[K+]. The molecule has 0 atom stereocenters. The molecule has 2 rings (SSSR count). The van der Waals surface area contributed by atoms with Crippen molar-refractivity contribution in [2.24, 2.45) is 0 Å². The van der Waals surface area contributed by atoms with E-state index in [1.54, 1.807) is 0 Å². The predicted octanol–water partition coefficient (Wildman–Crippen LogP) is 1.98. The molecule has 0 unspecified atom stereocenters. The number of rotatable bonds is 9. The molecule has 30 heavy (non-hydrogen) atoms. The van der Waals surface area contributed by atoms with Crippen LogP contribution < -0.4 is 56.5 Å². The summed E-state index contributed by atoms with van der Waals surface area (Å²) in [4.78, 5) is 0. The number of ether oxygens (including phenoxy) is 1. The summed E-state index contributed by atoms with van der Waals surface area (Å²) in [6.45, 7) is 23.7. The minimum atomic E-state index is -1.10. The van der Waals surface area contributed by atoms with Crippen molar-refractivity contribution < 1.29 is 61.2 Å². The number of nitrogens with zero attached hydrogens (tertiary/aromatic N) is 2. The topological polar surface area (TPSA) is 38.8 Å². The molecule has 4 nitrogen and oxygen atoms in total. The van der Waals surface area contributed by atoms with Crippen molar-refractivity contribution >= 4 is 48.9 Å². The second kappa shape index (κ2) is 14.4. The Morgan fingerprint density at radius 1 is 0.700 bits per heavy atom. The fourth-order valence-corrected chi connectivity index (χ4v) is 33.9. The molecule has 0 spiro atoms. The van der Waals surface area contributed by atoms with Crippen LogP contribution in [0.3, 0.4) is 0 Å². The molecule has 2 fully saturated rings. The fraction of sp³-hybridized carbons (Fsp3) is 1.00. The van der Waals surface area contributed by atoms with Gasteiger partial charge >= 0.3 is 51.4 Å². The van der Waals surface area contributed by atoms with E-state index in [1.807, 2.05) is 0 Å². The van der Waals surface area contributed by atoms with Crippen molar-refractivity contribution in [1.82, 2.24) is 8.46 Å². The first-order valence-electron chi connectivity index (χ1n) is 11.6. The molecule has 0 radical (unpaired) electrons. The average Bonchev–Trinajstić information content (AvgIpc) is 2.95. The maximum Gasteiger partial charge on any atom is 1.00 e. The molecule has 10 heteroatoms. The smallest absolute Gasteiger partial charge is 0.853 e. The number of hydrogen-bond donors (Lipinski definition) is 0. The monoisotopic (exact) mass is 578 g/mol. The van der Waals surface area contributed by atoms with Crippen LogP contribution in [0.15, 0.2) is 0 Å². The van der Waals surface area contributed by atoms with Gasteiger partial charge in [0.05, 0.1) is 0 Å². The molecule has 2 saturated heterocycles. The summed E-state index contributed by atoms with van der Waals surface area (Å²) in [6.07, 6.45) is 2.42. The van der Waals surface area contributed by atoms with Crippen LogP contribution in [0.4, 0.5) is 0 Å². The van der Waals surface area contributed by atoms with Crippen LogP contribution in [-0.4, -0.2) is 79.6 Å². The number of alkyl halides is 1. The maximum absolute atomic E-state index is 10.2. The molecule has 0 saturated carbocycles. The Bertz CT molecular complexity index is 467. The van der Waals surface area contributed by atoms with Gasteiger partial charge in [-0.05, 0) is 50.1 Å². The van der Waals surface area contributed by atoms with Crippen LogP contribution in [0, 0.1) is 0 Å². The van der Waals surface area contributed by atoms with Crippen LogP contribution >= 0.6 is 15.9 Å². The first-order valence-corrected chi connectivity index (χ1v) is 25.3. The van der Waals surface area contributed by atoms with Gasteiger partial charge in [0.1, 0.15) is 32.9 Å². The third kappa shape index (κ3) is 10.2. The van der Waals surface area contributed by atoms with Crippen LogP contribution in [0.25, 0.3) is 0 Å². The summed E-state index contributed by atoms with van der Waals surface area (Å²) in [7, 11) is -4.13. The minimum absolute atomic E-state index is 0. The fourth-order valence-electron chi connectivity index (χ4n) is 5.32. The first-order chi connectivity index (χ1) is 13.3. The third-order valence-corrected chi connectivity index (χ3v) is 28.5. The molecular formula is C20H48BrKN2O2Si4. The van der Waals surface area contributed by atoms with Gasteiger partial charge in [-0.15, -0.1) is 6.61 Å². The van der Waals surface area contributed by atoms with E-state index in [9.17, 15) is 5.11 Å². The largest absolute Gasteiger partial charge is 1.00 e. The van der Waals surface area contributed by atoms with E-state index in [4.69, 9.17) is 4.74 Å². The predicted molar refractivity (Wildman–Crippen MR) is 141 cm³/mol. The molecule has 2 aliphatic rings. The molecule has 0 aliphatic carbocycles. The third-order valence-electron chi connectivity index (χ3n) is 7.03. The molecule has 0 aromatic carbocycles. The van der Waals surface area contributed by atoms with E-state index < -0.39 is 32.9 Å². The molecule has 0 bridgehead atoms. The minimum Gasteiger partial charge on any atom is -0.853 e. The Morgan fingerprint density at radius 2 is 1.07 bits per heavy atom. The van der Waals surface area contributed by atoms with Gasteiger partial charge in [0.2, 0.25) is 0 Å². The van der Waals surface area contributed by atoms with Gasteiger partial charge in [-0.25, -0.2) is 0 Å². The summed E-state index contributed by atoms with van der Waals surface area (Å²) in [5, 5.41) is 11.4. The van der Waals surface area contributed by atoms with E-state index in [0.717, 1.165) is 13.0 Å². The maximum atomic E-state index is 10.2. The average molecular weight is 580 g/mol. The van der Waals surface area contributed by atoms with Crippen LogP contribution in [0.2, 0.25) is 76.6 Å². The zero-order valence-corrected chi connectivity index (χ0v) is 30.3. The molecule has 0 amide bonds. The molecule has 0 aromatic rings. The van der Waals surface area contributed by atoms with Crippen molar-refractivity contribution in [2.45, 2.75) is 89.4 Å². The Hall–Kier alpha value is 2.82. The summed E-state index contributed by atoms with van der Waals surface area (Å²) >= 11 is 3.54. The van der Waals surface area contributed by atoms with Crippen molar-refractivity contribution in [2.75, 3.05) is 38.2 Å². The zero-order valence-electron chi connectivity index (χ0n) is 21.6. The Balaban J connectivity index is 0.000000553. The summed E-state index contributed by atoms with van der Waals surface area (Å²) < 4.78 is 11.1. The van der Waals surface area contributed by atoms with Crippen LogP contribution in [0.5, 0.6) is 0 Å². The molecule has 0 aromatic heterocycles. The van der Waals surface area contributed by atoms with Crippen molar-refractivity contribution in [3.8, 4) is 0 Å². The van der Waals surface area contributed by atoms with Gasteiger partial charge in [0, 0.05) is 18.5 Å². The first kappa shape index (κ1) is 32.8. The van der Waals surface area contributed by atoms with E-state index in [2.05, 4.69) is 76.8 Å². The Kier molecular flexibility index (Phi) is 15.8. The van der Waals surface area contributed by atoms with Gasteiger partial charge in [-0.3, -0.25) is 0 Å². The quantitative estimate of drug-likeness (QED) is 0.238. The normalized spacial score (nSPS) is 24.2. The van der Waals surface area contributed by atoms with Gasteiger partial charge in [-0.2, -0.15) is 0 Å². The molecule has 2 aliphatic heterocycles. The van der Waals surface area contributed by atoms with Crippen molar-refractivity contribution in [3.05, 3.63) is 0 Å². The second-order valence-electron chi connectivity index (χ2n) is 11.3. The van der Waals surface area contributed by atoms with E-state index in [-0.39, 0.29) is 58.0 Å².